The summed E-state index contributed by atoms with van der Waals surface area (Å²) >= 11 is 0. The van der Waals surface area contributed by atoms with Gasteiger partial charge in [-0.15, -0.1) is 0 Å². The minimum absolute atomic E-state index is 0.0179. The Hall–Kier alpha value is -2.81. The van der Waals surface area contributed by atoms with Crippen LogP contribution in [0.4, 0.5) is 0 Å². The standard InChI is InChI=1S/C23H27N3O3/c1-22(2)12-17(27)19-18(13-22)29-20(25)16(14-24)23(19)8-10-26(11-9-23)21(28)15-6-4-3-5-7-15/h3-7,18-19H,8-13,25H2,1-2H3. The number of ketones is 1. The number of ether oxygens (including phenoxy) is 1. The van der Waals surface area contributed by atoms with Crippen LogP contribution in [0.25, 0.3) is 0 Å². The molecule has 0 bridgehead atoms. The van der Waals surface area contributed by atoms with Gasteiger partial charge in [0, 0.05) is 30.5 Å². The van der Waals surface area contributed by atoms with Crippen molar-refractivity contribution in [3.8, 4) is 6.07 Å². The Bertz CT molecular complexity index is 905. The molecular weight excluding hydrogens is 366 g/mol. The van der Waals surface area contributed by atoms with Crippen molar-refractivity contribution in [1.82, 2.24) is 4.90 Å². The zero-order valence-corrected chi connectivity index (χ0v) is 17.0. The Morgan fingerprint density at radius 1 is 1.24 bits per heavy atom. The third-order valence-corrected chi connectivity index (χ3v) is 6.82. The van der Waals surface area contributed by atoms with Crippen molar-refractivity contribution in [2.45, 2.75) is 45.6 Å². The molecule has 2 N–H and O–H groups in total. The van der Waals surface area contributed by atoms with Crippen LogP contribution in [0.1, 0.15) is 49.9 Å². The number of likely N-dealkylation sites (tertiary alicyclic amines) is 1. The van der Waals surface area contributed by atoms with Gasteiger partial charge >= 0.3 is 0 Å². The van der Waals surface area contributed by atoms with Crippen molar-refractivity contribution >= 4 is 11.7 Å². The van der Waals surface area contributed by atoms with Crippen LogP contribution in [0.2, 0.25) is 0 Å². The highest BCUT2D eigenvalue weighted by molar-refractivity contribution is 5.94. The summed E-state index contributed by atoms with van der Waals surface area (Å²) < 4.78 is 5.90. The van der Waals surface area contributed by atoms with Crippen molar-refractivity contribution in [3.63, 3.8) is 0 Å². The largest absolute Gasteiger partial charge is 0.474 e. The lowest BCUT2D eigenvalue weighted by Crippen LogP contribution is -2.58. The van der Waals surface area contributed by atoms with E-state index in [0.29, 0.717) is 43.5 Å². The van der Waals surface area contributed by atoms with Crippen LogP contribution in [-0.2, 0) is 9.53 Å². The van der Waals surface area contributed by atoms with E-state index in [-0.39, 0.29) is 35.0 Å². The molecule has 4 rings (SSSR count). The van der Waals surface area contributed by atoms with E-state index in [1.165, 1.54) is 0 Å². The Balaban J connectivity index is 1.64. The molecule has 1 spiro atoms. The molecule has 1 amide bonds. The molecule has 1 saturated heterocycles. The first-order valence-corrected chi connectivity index (χ1v) is 10.2. The van der Waals surface area contributed by atoms with E-state index in [4.69, 9.17) is 10.5 Å². The summed E-state index contributed by atoms with van der Waals surface area (Å²) in [5.41, 5.74) is 6.42. The zero-order chi connectivity index (χ0) is 20.8. The Morgan fingerprint density at radius 3 is 2.52 bits per heavy atom. The molecule has 2 aliphatic heterocycles. The van der Waals surface area contributed by atoms with Gasteiger partial charge in [0.05, 0.1) is 11.5 Å². The van der Waals surface area contributed by atoms with Crippen LogP contribution in [0.5, 0.6) is 0 Å². The number of nitrogens with two attached hydrogens (primary N) is 1. The molecule has 0 aromatic heterocycles. The van der Waals surface area contributed by atoms with Gasteiger partial charge in [-0.3, -0.25) is 9.59 Å². The number of allylic oxidation sites excluding steroid dienone is 1. The Labute approximate surface area is 171 Å². The van der Waals surface area contributed by atoms with E-state index in [0.717, 1.165) is 6.42 Å². The lowest BCUT2D eigenvalue weighted by molar-refractivity contribution is -0.149. The first-order valence-electron chi connectivity index (χ1n) is 10.2. The summed E-state index contributed by atoms with van der Waals surface area (Å²) in [4.78, 5) is 27.9. The van der Waals surface area contributed by atoms with E-state index in [1.54, 1.807) is 0 Å². The second-order valence-electron chi connectivity index (χ2n) is 9.31. The van der Waals surface area contributed by atoms with E-state index in [2.05, 4.69) is 19.9 Å². The number of hydrogen-bond acceptors (Lipinski definition) is 5. The average molecular weight is 393 g/mol. The number of carbonyl (C=O) groups excluding carboxylic acids is 2. The van der Waals surface area contributed by atoms with Gasteiger partial charge in [-0.05, 0) is 36.8 Å². The minimum Gasteiger partial charge on any atom is -0.474 e. The molecule has 29 heavy (non-hydrogen) atoms. The fraction of sp³-hybridized carbons (Fsp3) is 0.522. The summed E-state index contributed by atoms with van der Waals surface area (Å²) in [6.45, 7) is 5.12. The number of piperidine rings is 1. The molecule has 152 valence electrons. The Kier molecular flexibility index (Phi) is 4.65. The van der Waals surface area contributed by atoms with E-state index < -0.39 is 5.41 Å². The van der Waals surface area contributed by atoms with Crippen molar-refractivity contribution in [2.75, 3.05) is 13.1 Å². The fourth-order valence-corrected chi connectivity index (χ4v) is 5.52. The molecule has 1 aromatic rings. The smallest absolute Gasteiger partial charge is 0.253 e. The predicted octanol–water partition coefficient (Wildman–Crippen LogP) is 3.01. The van der Waals surface area contributed by atoms with Gasteiger partial charge in [0.15, 0.2) is 5.88 Å². The molecule has 2 heterocycles. The van der Waals surface area contributed by atoms with Crippen LogP contribution >= 0.6 is 0 Å². The quantitative estimate of drug-likeness (QED) is 0.791. The van der Waals surface area contributed by atoms with Crippen molar-refractivity contribution in [2.24, 2.45) is 22.5 Å². The topological polar surface area (TPSA) is 96.4 Å². The minimum atomic E-state index is -0.636. The maximum absolute atomic E-state index is 13.2. The maximum Gasteiger partial charge on any atom is 0.253 e. The number of fused-ring (bicyclic) bond motifs is 2. The van der Waals surface area contributed by atoms with E-state index >= 15 is 0 Å². The number of benzene rings is 1. The fourth-order valence-electron chi connectivity index (χ4n) is 5.52. The average Bonchev–Trinajstić information content (AvgIpc) is 2.67. The molecule has 2 atom stereocenters. The molecule has 1 saturated carbocycles. The van der Waals surface area contributed by atoms with Crippen LogP contribution in [0.3, 0.4) is 0 Å². The molecule has 3 aliphatic rings. The third-order valence-electron chi connectivity index (χ3n) is 6.82. The van der Waals surface area contributed by atoms with Crippen molar-refractivity contribution in [1.29, 1.82) is 5.26 Å². The molecule has 2 fully saturated rings. The SMILES string of the molecule is CC1(C)CC(=O)C2C(C1)OC(N)=C(C#N)C21CCN(C(=O)c2ccccc2)CC1. The van der Waals surface area contributed by atoms with Gasteiger partial charge in [-0.2, -0.15) is 5.26 Å². The summed E-state index contributed by atoms with van der Waals surface area (Å²) in [5, 5.41) is 9.85. The molecular formula is C23H27N3O3. The summed E-state index contributed by atoms with van der Waals surface area (Å²) in [5.74, 6) is -0.0847. The highest BCUT2D eigenvalue weighted by Gasteiger charge is 2.58. The van der Waals surface area contributed by atoms with Crippen LogP contribution in [-0.4, -0.2) is 35.8 Å². The van der Waals surface area contributed by atoms with Gasteiger partial charge in [0.2, 0.25) is 0 Å². The zero-order valence-electron chi connectivity index (χ0n) is 17.0. The summed E-state index contributed by atoms with van der Waals surface area (Å²) in [7, 11) is 0. The lowest BCUT2D eigenvalue weighted by atomic mass is 9.55. The van der Waals surface area contributed by atoms with Crippen LogP contribution in [0, 0.1) is 28.1 Å². The highest BCUT2D eigenvalue weighted by atomic mass is 16.5. The first-order chi connectivity index (χ1) is 13.8. The summed E-state index contributed by atoms with van der Waals surface area (Å²) in [6, 6.07) is 11.4. The Morgan fingerprint density at radius 2 is 1.90 bits per heavy atom. The lowest BCUT2D eigenvalue weighted by Gasteiger charge is -2.53. The van der Waals surface area contributed by atoms with Crippen molar-refractivity contribution in [3.05, 3.63) is 47.4 Å². The normalized spacial score (nSPS) is 27.8. The molecule has 0 radical (unpaired) electrons. The molecule has 1 aromatic carbocycles. The summed E-state index contributed by atoms with van der Waals surface area (Å²) in [6.07, 6.45) is 2.00. The van der Waals surface area contributed by atoms with E-state index in [1.807, 2.05) is 35.2 Å². The first kappa shape index (κ1) is 19.5. The second-order valence-corrected chi connectivity index (χ2v) is 9.31. The molecule has 2 unspecified atom stereocenters. The number of amides is 1. The number of carbonyl (C=O) groups is 2. The number of rotatable bonds is 1. The van der Waals surface area contributed by atoms with Crippen LogP contribution in [0.15, 0.2) is 41.8 Å². The predicted molar refractivity (Wildman–Crippen MR) is 107 cm³/mol. The number of Topliss-reactive ketones (excluding diaryl/α,β-unsaturated/α-hetero) is 1. The van der Waals surface area contributed by atoms with Crippen LogP contribution < -0.4 is 5.73 Å². The third kappa shape index (κ3) is 3.19. The number of nitrogens with zero attached hydrogens (tertiary/aromatic N) is 2. The number of hydrogen-bond donors (Lipinski definition) is 1. The van der Waals surface area contributed by atoms with Gasteiger partial charge in [-0.1, -0.05) is 32.0 Å². The highest BCUT2D eigenvalue weighted by Crippen LogP contribution is 2.55. The van der Waals surface area contributed by atoms with Gasteiger partial charge in [0.1, 0.15) is 18.0 Å². The second kappa shape index (κ2) is 6.91. The van der Waals surface area contributed by atoms with E-state index in [9.17, 15) is 14.9 Å². The molecule has 6 nitrogen and oxygen atoms in total. The molecule has 6 heteroatoms. The monoisotopic (exact) mass is 393 g/mol. The van der Waals surface area contributed by atoms with Gasteiger partial charge < -0.3 is 15.4 Å². The van der Waals surface area contributed by atoms with Gasteiger partial charge in [0.25, 0.3) is 5.91 Å². The number of nitriles is 1. The molecule has 1 aliphatic carbocycles. The van der Waals surface area contributed by atoms with Gasteiger partial charge in [-0.25, -0.2) is 0 Å². The van der Waals surface area contributed by atoms with Crippen molar-refractivity contribution < 1.29 is 14.3 Å². The maximum atomic E-state index is 13.2.